The molecule has 1 aromatic carbocycles. The topological polar surface area (TPSA) is 43.1 Å². The van der Waals surface area contributed by atoms with Crippen LogP contribution in [-0.4, -0.2) is 11.8 Å². The maximum Gasteiger partial charge on any atom is 0.154 e. The first-order valence-corrected chi connectivity index (χ1v) is 4.98. The second-order valence-corrected chi connectivity index (χ2v) is 3.66. The highest BCUT2D eigenvalue weighted by Gasteiger charge is 2.13. The van der Waals surface area contributed by atoms with Crippen LogP contribution in [0.1, 0.15) is 12.0 Å². The molecule has 15 heavy (non-hydrogen) atoms. The maximum atomic E-state index is 11.6. The molecule has 0 radical (unpaired) electrons. The van der Waals surface area contributed by atoms with Crippen LogP contribution in [0.5, 0.6) is 0 Å². The van der Waals surface area contributed by atoms with Crippen molar-refractivity contribution in [2.45, 2.75) is 18.9 Å². The molecular formula is C12H12ClNO. The molecule has 0 saturated heterocycles. The minimum atomic E-state index is -0.591. The van der Waals surface area contributed by atoms with E-state index < -0.39 is 6.04 Å². The summed E-state index contributed by atoms with van der Waals surface area (Å²) in [6, 6.07) is 6.62. The molecule has 0 heterocycles. The Morgan fingerprint density at radius 3 is 2.80 bits per heavy atom. The predicted octanol–water partition coefficient (Wildman–Crippen LogP) is 1.80. The van der Waals surface area contributed by atoms with Crippen LogP contribution in [0.4, 0.5) is 0 Å². The summed E-state index contributed by atoms with van der Waals surface area (Å²) in [6.07, 6.45) is 5.59. The average molecular weight is 222 g/mol. The highest BCUT2D eigenvalue weighted by Crippen LogP contribution is 2.16. The van der Waals surface area contributed by atoms with Gasteiger partial charge in [-0.1, -0.05) is 29.8 Å². The molecule has 0 spiro atoms. The minimum Gasteiger partial charge on any atom is -0.321 e. The summed E-state index contributed by atoms with van der Waals surface area (Å²) in [5, 5.41) is 0.582. The van der Waals surface area contributed by atoms with Crippen LogP contribution >= 0.6 is 11.6 Å². The third-order valence-corrected chi connectivity index (χ3v) is 2.44. The number of terminal acetylenes is 1. The zero-order valence-corrected chi connectivity index (χ0v) is 9.00. The minimum absolute atomic E-state index is 0.0824. The van der Waals surface area contributed by atoms with E-state index in [9.17, 15) is 4.79 Å². The molecule has 3 heteroatoms. The third kappa shape index (κ3) is 3.39. The number of carbonyl (C=O) groups is 1. The molecule has 0 aliphatic rings. The van der Waals surface area contributed by atoms with E-state index in [4.69, 9.17) is 23.8 Å². The number of hydrogen-bond donors (Lipinski definition) is 1. The fraction of sp³-hybridized carbons (Fsp3) is 0.250. The molecule has 1 aromatic rings. The maximum absolute atomic E-state index is 11.6. The van der Waals surface area contributed by atoms with Crippen molar-refractivity contribution in [3.05, 3.63) is 34.9 Å². The van der Waals surface area contributed by atoms with Gasteiger partial charge in [-0.05, 0) is 11.6 Å². The van der Waals surface area contributed by atoms with E-state index >= 15 is 0 Å². The Labute approximate surface area is 94.4 Å². The summed E-state index contributed by atoms with van der Waals surface area (Å²) in [6.45, 7) is 0. The lowest BCUT2D eigenvalue weighted by Crippen LogP contribution is -2.31. The van der Waals surface area contributed by atoms with Gasteiger partial charge in [-0.2, -0.15) is 0 Å². The fourth-order valence-electron chi connectivity index (χ4n) is 1.20. The Balaban J connectivity index is 2.67. The van der Waals surface area contributed by atoms with Gasteiger partial charge in [-0.3, -0.25) is 4.79 Å². The van der Waals surface area contributed by atoms with Gasteiger partial charge in [0.25, 0.3) is 0 Å². The molecule has 0 aliphatic carbocycles. The van der Waals surface area contributed by atoms with Crippen molar-refractivity contribution in [2.24, 2.45) is 5.73 Å². The van der Waals surface area contributed by atoms with Crippen LogP contribution in [0.3, 0.4) is 0 Å². The van der Waals surface area contributed by atoms with Gasteiger partial charge < -0.3 is 5.73 Å². The lowest BCUT2D eigenvalue weighted by atomic mass is 10.0. The standard InChI is InChI=1S/C12H12ClNO/c1-2-5-11(14)12(15)8-9-6-3-4-7-10(9)13/h1,3-4,6-7,11H,5,8,14H2. The molecule has 1 unspecified atom stereocenters. The van der Waals surface area contributed by atoms with Gasteiger partial charge in [0.05, 0.1) is 6.04 Å². The lowest BCUT2D eigenvalue weighted by Gasteiger charge is -2.07. The number of Topliss-reactive ketones (excluding diaryl/α,β-unsaturated/α-hetero) is 1. The van der Waals surface area contributed by atoms with Crippen molar-refractivity contribution >= 4 is 17.4 Å². The van der Waals surface area contributed by atoms with Gasteiger partial charge in [-0.25, -0.2) is 0 Å². The van der Waals surface area contributed by atoms with Crippen molar-refractivity contribution in [3.63, 3.8) is 0 Å². The zero-order valence-electron chi connectivity index (χ0n) is 8.24. The van der Waals surface area contributed by atoms with Crippen molar-refractivity contribution in [2.75, 3.05) is 0 Å². The molecule has 0 bridgehead atoms. The average Bonchev–Trinajstić information content (AvgIpc) is 2.21. The van der Waals surface area contributed by atoms with Crippen LogP contribution < -0.4 is 5.73 Å². The van der Waals surface area contributed by atoms with Gasteiger partial charge in [0.2, 0.25) is 0 Å². The van der Waals surface area contributed by atoms with E-state index in [1.54, 1.807) is 6.07 Å². The first kappa shape index (κ1) is 11.8. The molecule has 0 fully saturated rings. The Bertz CT molecular complexity index is 395. The molecular weight excluding hydrogens is 210 g/mol. The summed E-state index contributed by atoms with van der Waals surface area (Å²) in [7, 11) is 0. The summed E-state index contributed by atoms with van der Waals surface area (Å²) >= 11 is 5.92. The molecule has 0 saturated carbocycles. The van der Waals surface area contributed by atoms with Crippen molar-refractivity contribution in [1.29, 1.82) is 0 Å². The van der Waals surface area contributed by atoms with Crippen LogP contribution in [0, 0.1) is 12.3 Å². The highest BCUT2D eigenvalue weighted by atomic mass is 35.5. The normalized spacial score (nSPS) is 11.8. The summed E-state index contributed by atoms with van der Waals surface area (Å²) < 4.78 is 0. The predicted molar refractivity (Wildman–Crippen MR) is 61.6 cm³/mol. The number of hydrogen-bond acceptors (Lipinski definition) is 2. The molecule has 2 nitrogen and oxygen atoms in total. The van der Waals surface area contributed by atoms with Crippen LogP contribution in [0.25, 0.3) is 0 Å². The van der Waals surface area contributed by atoms with Crippen LogP contribution in [0.2, 0.25) is 5.02 Å². The van der Waals surface area contributed by atoms with Crippen LogP contribution in [-0.2, 0) is 11.2 Å². The van der Waals surface area contributed by atoms with Crippen molar-refractivity contribution in [3.8, 4) is 12.3 Å². The number of ketones is 1. The van der Waals surface area contributed by atoms with Crippen LogP contribution in [0.15, 0.2) is 24.3 Å². The molecule has 0 aromatic heterocycles. The number of nitrogens with two attached hydrogens (primary N) is 1. The van der Waals surface area contributed by atoms with E-state index in [-0.39, 0.29) is 18.6 Å². The molecule has 0 amide bonds. The highest BCUT2D eigenvalue weighted by molar-refractivity contribution is 6.31. The van der Waals surface area contributed by atoms with Gasteiger partial charge >= 0.3 is 0 Å². The Hall–Kier alpha value is -1.30. The SMILES string of the molecule is C#CCC(N)C(=O)Cc1ccccc1Cl. The number of halogens is 1. The number of benzene rings is 1. The first-order chi connectivity index (χ1) is 7.15. The van der Waals surface area contributed by atoms with Crippen molar-refractivity contribution in [1.82, 2.24) is 0 Å². The molecule has 1 atom stereocenters. The van der Waals surface area contributed by atoms with E-state index in [0.717, 1.165) is 5.56 Å². The molecule has 78 valence electrons. The van der Waals surface area contributed by atoms with Gasteiger partial charge in [0.1, 0.15) is 0 Å². The van der Waals surface area contributed by atoms with Gasteiger partial charge in [0, 0.05) is 17.9 Å². The second kappa shape index (κ2) is 5.55. The van der Waals surface area contributed by atoms with Gasteiger partial charge in [0.15, 0.2) is 5.78 Å². The number of carbonyl (C=O) groups excluding carboxylic acids is 1. The van der Waals surface area contributed by atoms with E-state index in [1.807, 2.05) is 18.2 Å². The second-order valence-electron chi connectivity index (χ2n) is 3.25. The summed E-state index contributed by atoms with van der Waals surface area (Å²) in [5.41, 5.74) is 6.38. The molecule has 0 aliphatic heterocycles. The quantitative estimate of drug-likeness (QED) is 0.788. The van der Waals surface area contributed by atoms with E-state index in [2.05, 4.69) is 5.92 Å². The Morgan fingerprint density at radius 2 is 2.20 bits per heavy atom. The summed E-state index contributed by atoms with van der Waals surface area (Å²) in [5.74, 6) is 2.29. The molecule has 1 rings (SSSR count). The zero-order chi connectivity index (χ0) is 11.3. The largest absolute Gasteiger partial charge is 0.321 e. The van der Waals surface area contributed by atoms with E-state index in [0.29, 0.717) is 5.02 Å². The Kier molecular flexibility index (Phi) is 4.36. The smallest absolute Gasteiger partial charge is 0.154 e. The first-order valence-electron chi connectivity index (χ1n) is 4.60. The molecule has 2 N–H and O–H groups in total. The fourth-order valence-corrected chi connectivity index (χ4v) is 1.40. The monoisotopic (exact) mass is 221 g/mol. The number of rotatable bonds is 4. The van der Waals surface area contributed by atoms with Gasteiger partial charge in [-0.15, -0.1) is 12.3 Å². The summed E-state index contributed by atoms with van der Waals surface area (Å²) in [4.78, 5) is 11.6. The lowest BCUT2D eigenvalue weighted by molar-refractivity contribution is -0.119. The third-order valence-electron chi connectivity index (χ3n) is 2.07. The Morgan fingerprint density at radius 1 is 1.53 bits per heavy atom. The van der Waals surface area contributed by atoms with E-state index in [1.165, 1.54) is 0 Å². The van der Waals surface area contributed by atoms with Crippen molar-refractivity contribution < 1.29 is 4.79 Å².